The molecule has 0 aliphatic carbocycles. The second kappa shape index (κ2) is 5.15. The Balaban J connectivity index is 5.14. The van der Waals surface area contributed by atoms with Crippen LogP contribution in [0, 0.1) is 0 Å². The maximum Gasteiger partial charge on any atom is 0.476 e. The molecule has 0 fully saturated rings. The van der Waals surface area contributed by atoms with Gasteiger partial charge in [0.1, 0.15) is 0 Å². The predicted octanol–water partition coefficient (Wildman–Crippen LogP) is 3.68. The molecule has 0 radical (unpaired) electrons. The molecule has 0 rings (SSSR count). The zero-order valence-electron chi connectivity index (χ0n) is 9.25. The fraction of sp³-hybridized carbons (Fsp3) is 0.667. The van der Waals surface area contributed by atoms with Crippen molar-refractivity contribution in [3.8, 4) is 0 Å². The highest BCUT2D eigenvalue weighted by Crippen LogP contribution is 2.47. The fourth-order valence-electron chi connectivity index (χ4n) is 0.877. The first-order chi connectivity index (χ1) is 7.90. The van der Waals surface area contributed by atoms with Gasteiger partial charge in [-0.15, -0.1) is 0 Å². The Morgan fingerprint density at radius 3 is 1.83 bits per heavy atom. The first kappa shape index (κ1) is 16.7. The number of hydrogen-bond donors (Lipinski definition) is 0. The van der Waals surface area contributed by atoms with Gasteiger partial charge in [0.15, 0.2) is 0 Å². The van der Waals surface area contributed by atoms with Gasteiger partial charge in [-0.25, -0.2) is 4.79 Å². The third-order valence-electron chi connectivity index (χ3n) is 1.93. The van der Waals surface area contributed by atoms with Gasteiger partial charge >= 0.3 is 24.2 Å². The summed E-state index contributed by atoms with van der Waals surface area (Å²) in [5.41, 5.74) is -0.437. The van der Waals surface area contributed by atoms with Crippen molar-refractivity contribution in [1.29, 1.82) is 0 Å². The Labute approximate surface area is 97.4 Å². The minimum Gasteiger partial charge on any atom is -0.392 e. The maximum absolute atomic E-state index is 12.6. The first-order valence-corrected chi connectivity index (χ1v) is 4.61. The largest absolute Gasteiger partial charge is 0.476 e. The highest BCUT2D eigenvalue weighted by Gasteiger charge is 2.76. The van der Waals surface area contributed by atoms with E-state index < -0.39 is 29.7 Å². The van der Waals surface area contributed by atoms with Gasteiger partial charge in [0.25, 0.3) is 0 Å². The molecular weight excluding hydrogens is 273 g/mol. The number of hydrogen-bond acceptors (Lipinski definition) is 2. The summed E-state index contributed by atoms with van der Waals surface area (Å²) < 4.78 is 88.1. The Hall–Kier alpha value is -1.28. The molecular formula is C9H9F7O2. The quantitative estimate of drug-likeness (QED) is 0.446. The summed E-state index contributed by atoms with van der Waals surface area (Å²) in [4.78, 5) is 10.9. The molecule has 9 heteroatoms. The Morgan fingerprint density at radius 2 is 1.56 bits per heavy atom. The van der Waals surface area contributed by atoms with Gasteiger partial charge in [-0.3, -0.25) is 0 Å². The van der Waals surface area contributed by atoms with E-state index in [1.165, 1.54) is 13.8 Å². The van der Waals surface area contributed by atoms with Crippen LogP contribution in [0.25, 0.3) is 0 Å². The molecule has 0 aromatic heterocycles. The van der Waals surface area contributed by atoms with Crippen LogP contribution in [-0.4, -0.2) is 24.2 Å². The molecule has 0 aliphatic heterocycles. The maximum atomic E-state index is 12.6. The predicted molar refractivity (Wildman–Crippen MR) is 46.1 cm³/mol. The lowest BCUT2D eigenvalue weighted by Gasteiger charge is -2.27. The second-order valence-corrected chi connectivity index (χ2v) is 3.15. The standard InChI is InChI=1S/C9H9F7O2/c1-3-5(4-2)6(17)18-9(15,16)7(10,11)8(12,13)14/h3H,4H2,1-2H3. The molecule has 0 aliphatic rings. The van der Waals surface area contributed by atoms with Gasteiger partial charge in [0, 0.05) is 5.57 Å². The number of carbonyl (C=O) groups is 1. The van der Waals surface area contributed by atoms with E-state index in [0.29, 0.717) is 0 Å². The van der Waals surface area contributed by atoms with Gasteiger partial charge in [0.05, 0.1) is 0 Å². The van der Waals surface area contributed by atoms with Gasteiger partial charge < -0.3 is 4.74 Å². The molecule has 0 aromatic carbocycles. The molecule has 0 bridgehead atoms. The molecule has 0 atom stereocenters. The SMILES string of the molecule is CC=C(CC)C(=O)OC(F)(F)C(F)(F)C(F)(F)F. The third-order valence-corrected chi connectivity index (χ3v) is 1.93. The van der Waals surface area contributed by atoms with E-state index in [-0.39, 0.29) is 6.42 Å². The molecule has 0 spiro atoms. The van der Waals surface area contributed by atoms with E-state index in [9.17, 15) is 35.5 Å². The Bertz CT molecular complexity index is 343. The molecule has 106 valence electrons. The van der Waals surface area contributed by atoms with Gasteiger partial charge in [-0.05, 0) is 13.3 Å². The number of esters is 1. The van der Waals surface area contributed by atoms with E-state index in [4.69, 9.17) is 0 Å². The molecule has 0 saturated carbocycles. The van der Waals surface area contributed by atoms with Crippen LogP contribution in [0.1, 0.15) is 20.3 Å². The van der Waals surface area contributed by atoms with E-state index in [2.05, 4.69) is 4.74 Å². The number of ether oxygens (including phenoxy) is 1. The zero-order chi connectivity index (χ0) is 14.8. The molecule has 0 saturated heterocycles. The summed E-state index contributed by atoms with van der Waals surface area (Å²) in [6, 6.07) is 0. The van der Waals surface area contributed by atoms with Crippen molar-refractivity contribution in [3.63, 3.8) is 0 Å². The van der Waals surface area contributed by atoms with Crippen molar-refractivity contribution in [2.45, 2.75) is 38.5 Å². The van der Waals surface area contributed by atoms with Crippen LogP contribution in [0.5, 0.6) is 0 Å². The topological polar surface area (TPSA) is 26.3 Å². The van der Waals surface area contributed by atoms with Crippen molar-refractivity contribution in [1.82, 2.24) is 0 Å². The summed E-state index contributed by atoms with van der Waals surface area (Å²) in [5.74, 6) is -8.38. The molecule has 2 nitrogen and oxygen atoms in total. The summed E-state index contributed by atoms with van der Waals surface area (Å²) >= 11 is 0. The average molecular weight is 282 g/mol. The number of alkyl halides is 7. The molecule has 0 heterocycles. The molecule has 0 N–H and O–H groups in total. The monoisotopic (exact) mass is 282 g/mol. The van der Waals surface area contributed by atoms with Crippen LogP contribution in [0.2, 0.25) is 0 Å². The van der Waals surface area contributed by atoms with Gasteiger partial charge in [-0.2, -0.15) is 30.7 Å². The molecule has 0 aromatic rings. The van der Waals surface area contributed by atoms with Crippen LogP contribution < -0.4 is 0 Å². The first-order valence-electron chi connectivity index (χ1n) is 4.61. The molecule has 0 amide bonds. The number of allylic oxidation sites excluding steroid dienone is 1. The molecule has 18 heavy (non-hydrogen) atoms. The Morgan fingerprint density at radius 1 is 1.11 bits per heavy atom. The lowest BCUT2D eigenvalue weighted by molar-refractivity contribution is -0.411. The van der Waals surface area contributed by atoms with E-state index >= 15 is 0 Å². The van der Waals surface area contributed by atoms with E-state index in [1.807, 2.05) is 0 Å². The highest BCUT2D eigenvalue weighted by atomic mass is 19.4. The van der Waals surface area contributed by atoms with Crippen molar-refractivity contribution >= 4 is 5.97 Å². The average Bonchev–Trinajstić information content (AvgIpc) is 2.16. The highest BCUT2D eigenvalue weighted by molar-refractivity contribution is 5.88. The van der Waals surface area contributed by atoms with E-state index in [1.54, 1.807) is 0 Å². The fourth-order valence-corrected chi connectivity index (χ4v) is 0.877. The minimum atomic E-state index is -6.53. The van der Waals surface area contributed by atoms with E-state index in [0.717, 1.165) is 6.08 Å². The Kier molecular flexibility index (Phi) is 4.78. The summed E-state index contributed by atoms with van der Waals surface area (Å²) in [6.07, 6.45) is -11.7. The van der Waals surface area contributed by atoms with Crippen molar-refractivity contribution in [2.24, 2.45) is 0 Å². The van der Waals surface area contributed by atoms with Crippen LogP contribution in [0.3, 0.4) is 0 Å². The van der Waals surface area contributed by atoms with Crippen molar-refractivity contribution < 1.29 is 40.3 Å². The van der Waals surface area contributed by atoms with Crippen LogP contribution in [0.15, 0.2) is 11.6 Å². The van der Waals surface area contributed by atoms with Gasteiger partial charge in [-0.1, -0.05) is 13.0 Å². The molecule has 0 unspecified atom stereocenters. The number of halogens is 7. The lowest BCUT2D eigenvalue weighted by atomic mass is 10.2. The summed E-state index contributed by atoms with van der Waals surface area (Å²) in [6.45, 7) is 2.54. The minimum absolute atomic E-state index is 0.150. The smallest absolute Gasteiger partial charge is 0.392 e. The lowest BCUT2D eigenvalue weighted by Crippen LogP contribution is -2.54. The second-order valence-electron chi connectivity index (χ2n) is 3.15. The van der Waals surface area contributed by atoms with Crippen LogP contribution >= 0.6 is 0 Å². The normalized spacial score (nSPS) is 14.6. The third kappa shape index (κ3) is 3.14. The summed E-state index contributed by atoms with van der Waals surface area (Å²) in [5, 5.41) is 0. The van der Waals surface area contributed by atoms with Crippen molar-refractivity contribution in [3.05, 3.63) is 11.6 Å². The van der Waals surface area contributed by atoms with Gasteiger partial charge in [0.2, 0.25) is 0 Å². The number of carbonyl (C=O) groups excluding carboxylic acids is 1. The van der Waals surface area contributed by atoms with Crippen LogP contribution in [-0.2, 0) is 9.53 Å². The van der Waals surface area contributed by atoms with Crippen LogP contribution in [0.4, 0.5) is 30.7 Å². The number of rotatable bonds is 4. The zero-order valence-corrected chi connectivity index (χ0v) is 9.25. The van der Waals surface area contributed by atoms with Crippen molar-refractivity contribution in [2.75, 3.05) is 0 Å². The summed E-state index contributed by atoms with van der Waals surface area (Å²) in [7, 11) is 0.